The molecule has 0 N–H and O–H groups in total. The fraction of sp³-hybridized carbons (Fsp3) is 0.214. The Labute approximate surface area is 126 Å². The van der Waals surface area contributed by atoms with Crippen molar-refractivity contribution in [3.05, 3.63) is 63.9 Å². The van der Waals surface area contributed by atoms with Gasteiger partial charge in [0.05, 0.1) is 21.8 Å². The van der Waals surface area contributed by atoms with E-state index in [2.05, 4.69) is 4.98 Å². The molecule has 0 spiro atoms. The van der Waals surface area contributed by atoms with Crippen molar-refractivity contribution < 1.29 is 26.3 Å². The summed E-state index contributed by atoms with van der Waals surface area (Å²) >= 11 is 5.37. The van der Waals surface area contributed by atoms with Gasteiger partial charge in [-0.2, -0.15) is 26.3 Å². The third-order valence-electron chi connectivity index (χ3n) is 2.90. The first-order chi connectivity index (χ1) is 10.1. The van der Waals surface area contributed by atoms with Crippen LogP contribution in [0.5, 0.6) is 0 Å². The molecule has 22 heavy (non-hydrogen) atoms. The van der Waals surface area contributed by atoms with Gasteiger partial charge in [-0.25, -0.2) is 0 Å². The normalized spacial score (nSPS) is 12.5. The highest BCUT2D eigenvalue weighted by Crippen LogP contribution is 2.43. The predicted molar refractivity (Wildman–Crippen MR) is 68.5 cm³/mol. The second-order valence-electron chi connectivity index (χ2n) is 4.47. The molecule has 2 rings (SSSR count). The molecule has 1 nitrogen and oxygen atoms in total. The van der Waals surface area contributed by atoms with Crippen LogP contribution in [0.25, 0.3) is 0 Å². The first kappa shape index (κ1) is 16.6. The van der Waals surface area contributed by atoms with Crippen molar-refractivity contribution in [2.24, 2.45) is 0 Å². The lowest BCUT2D eigenvalue weighted by Gasteiger charge is -2.17. The molecule has 2 aromatic rings. The van der Waals surface area contributed by atoms with E-state index in [1.54, 1.807) is 30.3 Å². The molecule has 0 atom stereocenters. The molecule has 1 aromatic heterocycles. The van der Waals surface area contributed by atoms with Crippen LogP contribution in [-0.4, -0.2) is 4.98 Å². The lowest BCUT2D eigenvalue weighted by Crippen LogP contribution is -2.17. The zero-order valence-electron chi connectivity index (χ0n) is 10.8. The molecule has 1 heterocycles. The maximum absolute atomic E-state index is 13.1. The Morgan fingerprint density at radius 3 is 2.00 bits per heavy atom. The van der Waals surface area contributed by atoms with Crippen molar-refractivity contribution in [3.63, 3.8) is 0 Å². The Kier molecular flexibility index (Phi) is 4.37. The zero-order valence-corrected chi connectivity index (χ0v) is 11.5. The van der Waals surface area contributed by atoms with Crippen molar-refractivity contribution in [2.45, 2.75) is 18.8 Å². The van der Waals surface area contributed by atoms with Gasteiger partial charge >= 0.3 is 12.4 Å². The van der Waals surface area contributed by atoms with E-state index in [0.29, 0.717) is 11.8 Å². The number of aromatic nitrogens is 1. The summed E-state index contributed by atoms with van der Waals surface area (Å²) in [6, 6.07) is 7.98. The van der Waals surface area contributed by atoms with Gasteiger partial charge in [0.1, 0.15) is 0 Å². The zero-order chi connectivity index (χ0) is 16.5. The molecule has 0 aliphatic heterocycles. The van der Waals surface area contributed by atoms with Gasteiger partial charge in [-0.3, -0.25) is 4.98 Å². The highest BCUT2D eigenvalue weighted by atomic mass is 35.5. The second kappa shape index (κ2) is 5.79. The van der Waals surface area contributed by atoms with E-state index in [1.807, 2.05) is 0 Å². The lowest BCUT2D eigenvalue weighted by molar-refractivity contribution is -0.143. The number of rotatable bonds is 2. The highest BCUT2D eigenvalue weighted by molar-refractivity contribution is 6.32. The molecule has 0 radical (unpaired) electrons. The molecule has 0 aliphatic carbocycles. The average Bonchev–Trinajstić information content (AvgIpc) is 2.36. The smallest absolute Gasteiger partial charge is 0.260 e. The highest BCUT2D eigenvalue weighted by Gasteiger charge is 2.42. The molecule has 1 aromatic carbocycles. The van der Waals surface area contributed by atoms with Gasteiger partial charge < -0.3 is 0 Å². The standard InChI is InChI=1S/C14H8ClF6N/c15-12-9(13(16,17)18)7-22-10(11(12)14(19,20)21)6-8-4-2-1-3-5-8/h1-5,7H,6H2. The topological polar surface area (TPSA) is 12.9 Å². The minimum absolute atomic E-state index is 0.270. The molecule has 0 fully saturated rings. The maximum Gasteiger partial charge on any atom is 0.419 e. The van der Waals surface area contributed by atoms with Gasteiger partial charge in [0, 0.05) is 12.6 Å². The number of benzene rings is 1. The molecule has 0 aliphatic rings. The molecule has 0 bridgehead atoms. The fourth-order valence-corrected chi connectivity index (χ4v) is 2.31. The number of pyridine rings is 1. The maximum atomic E-state index is 13.1. The van der Waals surface area contributed by atoms with Crippen LogP contribution in [0, 0.1) is 0 Å². The van der Waals surface area contributed by atoms with Crippen molar-refractivity contribution >= 4 is 11.6 Å². The van der Waals surface area contributed by atoms with Crippen LogP contribution in [0.15, 0.2) is 36.5 Å². The summed E-state index contributed by atoms with van der Waals surface area (Å²) in [6.45, 7) is 0. The summed E-state index contributed by atoms with van der Waals surface area (Å²) in [4.78, 5) is 3.34. The van der Waals surface area contributed by atoms with Gasteiger partial charge in [0.25, 0.3) is 0 Å². The van der Waals surface area contributed by atoms with Gasteiger partial charge in [-0.15, -0.1) is 0 Å². The minimum Gasteiger partial charge on any atom is -0.260 e. The molecule has 0 amide bonds. The molecule has 0 unspecified atom stereocenters. The Morgan fingerprint density at radius 2 is 1.50 bits per heavy atom. The van der Waals surface area contributed by atoms with E-state index in [9.17, 15) is 26.3 Å². The Bertz CT molecular complexity index is 664. The molecule has 0 saturated carbocycles. The van der Waals surface area contributed by atoms with Crippen molar-refractivity contribution in [1.29, 1.82) is 0 Å². The molecular weight excluding hydrogens is 332 g/mol. The van der Waals surface area contributed by atoms with E-state index in [1.165, 1.54) is 0 Å². The largest absolute Gasteiger partial charge is 0.419 e. The first-order valence-electron chi connectivity index (χ1n) is 5.96. The summed E-state index contributed by atoms with van der Waals surface area (Å²) in [5.74, 6) is 0. The Hall–Kier alpha value is -1.76. The van der Waals surface area contributed by atoms with Crippen LogP contribution in [0.1, 0.15) is 22.4 Å². The summed E-state index contributed by atoms with van der Waals surface area (Å²) < 4.78 is 77.3. The van der Waals surface area contributed by atoms with Crippen LogP contribution in [0.4, 0.5) is 26.3 Å². The number of hydrogen-bond donors (Lipinski definition) is 0. The van der Waals surface area contributed by atoms with Gasteiger partial charge in [-0.1, -0.05) is 41.9 Å². The molecule has 8 heteroatoms. The second-order valence-corrected chi connectivity index (χ2v) is 4.84. The van der Waals surface area contributed by atoms with Crippen LogP contribution in [-0.2, 0) is 18.8 Å². The van der Waals surface area contributed by atoms with E-state index >= 15 is 0 Å². The fourth-order valence-electron chi connectivity index (χ4n) is 1.93. The monoisotopic (exact) mass is 339 g/mol. The molecule has 118 valence electrons. The third kappa shape index (κ3) is 3.52. The predicted octanol–water partition coefficient (Wildman–Crippen LogP) is 5.36. The first-order valence-corrected chi connectivity index (χ1v) is 6.34. The van der Waals surface area contributed by atoms with Gasteiger partial charge in [0.15, 0.2) is 0 Å². The SMILES string of the molecule is FC(F)(F)c1cnc(Cc2ccccc2)c(C(F)(F)F)c1Cl. The van der Waals surface area contributed by atoms with E-state index in [4.69, 9.17) is 11.6 Å². The third-order valence-corrected chi connectivity index (χ3v) is 3.29. The summed E-state index contributed by atoms with van der Waals surface area (Å²) in [5.41, 5.74) is -3.21. The summed E-state index contributed by atoms with van der Waals surface area (Å²) in [6.07, 6.45) is -9.98. The van der Waals surface area contributed by atoms with Crippen LogP contribution >= 0.6 is 11.6 Å². The van der Waals surface area contributed by atoms with Crippen molar-refractivity contribution in [2.75, 3.05) is 0 Å². The number of halogens is 7. The van der Waals surface area contributed by atoms with E-state index < -0.39 is 34.2 Å². The number of nitrogens with zero attached hydrogens (tertiary/aromatic N) is 1. The summed E-state index contributed by atoms with van der Waals surface area (Å²) in [5, 5.41) is -1.37. The van der Waals surface area contributed by atoms with Gasteiger partial charge in [0.2, 0.25) is 0 Å². The van der Waals surface area contributed by atoms with Crippen LogP contribution < -0.4 is 0 Å². The van der Waals surface area contributed by atoms with E-state index in [-0.39, 0.29) is 6.42 Å². The van der Waals surface area contributed by atoms with Crippen LogP contribution in [0.2, 0.25) is 5.02 Å². The molecule has 0 saturated heterocycles. The Morgan fingerprint density at radius 1 is 0.909 bits per heavy atom. The number of hydrogen-bond acceptors (Lipinski definition) is 1. The molecular formula is C14H8ClF6N. The average molecular weight is 340 g/mol. The van der Waals surface area contributed by atoms with Crippen molar-refractivity contribution in [1.82, 2.24) is 4.98 Å². The van der Waals surface area contributed by atoms with E-state index in [0.717, 1.165) is 0 Å². The minimum atomic E-state index is -5.03. The van der Waals surface area contributed by atoms with Crippen LogP contribution in [0.3, 0.4) is 0 Å². The summed E-state index contributed by atoms with van der Waals surface area (Å²) in [7, 11) is 0. The lowest BCUT2D eigenvalue weighted by atomic mass is 10.0. The Balaban J connectivity index is 2.58. The van der Waals surface area contributed by atoms with Gasteiger partial charge in [-0.05, 0) is 5.56 Å². The van der Waals surface area contributed by atoms with Crippen molar-refractivity contribution in [3.8, 4) is 0 Å². The quantitative estimate of drug-likeness (QED) is 0.671. The number of alkyl halides is 6.